The molecule has 3 rings (SSSR count). The zero-order valence-electron chi connectivity index (χ0n) is 10.3. The first-order chi connectivity index (χ1) is 8.66. The molecule has 0 N–H and O–H groups in total. The molecule has 0 unspecified atom stereocenters. The fourth-order valence-corrected chi connectivity index (χ4v) is 3.06. The molecule has 0 spiro atoms. The Bertz CT molecular complexity index is 459. The van der Waals surface area contributed by atoms with Crippen molar-refractivity contribution in [3.8, 4) is 0 Å². The Morgan fingerprint density at radius 2 is 2.00 bits per heavy atom. The van der Waals surface area contributed by atoms with Crippen molar-refractivity contribution in [2.45, 2.75) is 31.6 Å². The summed E-state index contributed by atoms with van der Waals surface area (Å²) < 4.78 is 6.08. The van der Waals surface area contributed by atoms with Gasteiger partial charge in [0.25, 0.3) is 0 Å². The van der Waals surface area contributed by atoms with Crippen LogP contribution in [0, 0.1) is 5.92 Å². The third kappa shape index (κ3) is 1.91. The first-order valence-corrected chi connectivity index (χ1v) is 6.72. The van der Waals surface area contributed by atoms with Gasteiger partial charge in [-0.1, -0.05) is 23.7 Å². The van der Waals surface area contributed by atoms with Crippen LogP contribution in [0.5, 0.6) is 0 Å². The Morgan fingerprint density at radius 1 is 1.28 bits per heavy atom. The Labute approximate surface area is 112 Å². The highest BCUT2D eigenvalue weighted by atomic mass is 35.5. The third-order valence-electron chi connectivity index (χ3n) is 3.93. The van der Waals surface area contributed by atoms with E-state index in [1.807, 2.05) is 31.3 Å². The maximum atomic E-state index is 12.3. The molecule has 0 aromatic heterocycles. The van der Waals surface area contributed by atoms with Crippen LogP contribution in [0.1, 0.15) is 31.1 Å². The molecule has 1 saturated heterocycles. The number of rotatable bonds is 1. The van der Waals surface area contributed by atoms with Crippen LogP contribution in [-0.4, -0.2) is 24.0 Å². The monoisotopic (exact) mass is 265 g/mol. The highest BCUT2D eigenvalue weighted by molar-refractivity contribution is 6.30. The number of carbonyl (C=O) groups is 1. The fraction of sp³-hybridized carbons (Fsp3) is 0.500. The van der Waals surface area contributed by atoms with Crippen molar-refractivity contribution in [1.82, 2.24) is 4.90 Å². The first kappa shape index (κ1) is 12.0. The molecule has 2 aliphatic rings. The van der Waals surface area contributed by atoms with Gasteiger partial charge in [-0.25, -0.2) is 0 Å². The van der Waals surface area contributed by atoms with Crippen molar-refractivity contribution in [3.05, 3.63) is 34.9 Å². The van der Waals surface area contributed by atoms with Crippen molar-refractivity contribution in [1.29, 1.82) is 0 Å². The number of hydrogen-bond donors (Lipinski definition) is 0. The van der Waals surface area contributed by atoms with E-state index < -0.39 is 0 Å². The minimum atomic E-state index is -0.269. The quantitative estimate of drug-likeness (QED) is 0.781. The van der Waals surface area contributed by atoms with E-state index >= 15 is 0 Å². The molecule has 1 amide bonds. The Morgan fingerprint density at radius 3 is 2.72 bits per heavy atom. The molecule has 1 saturated carbocycles. The van der Waals surface area contributed by atoms with Crippen molar-refractivity contribution in [2.24, 2.45) is 5.92 Å². The molecular formula is C14H16ClNO2. The summed E-state index contributed by atoms with van der Waals surface area (Å²) in [5.41, 5.74) is 0.987. The van der Waals surface area contributed by atoms with Crippen LogP contribution < -0.4 is 0 Å². The highest BCUT2D eigenvalue weighted by Crippen LogP contribution is 2.39. The largest absolute Gasteiger partial charge is 0.350 e. The van der Waals surface area contributed by atoms with Crippen LogP contribution in [0.15, 0.2) is 24.3 Å². The van der Waals surface area contributed by atoms with Crippen LogP contribution in [0.2, 0.25) is 5.02 Å². The summed E-state index contributed by atoms with van der Waals surface area (Å²) in [5, 5.41) is 0.697. The summed E-state index contributed by atoms with van der Waals surface area (Å²) in [7, 11) is 1.82. The average Bonchev–Trinajstić information content (AvgIpc) is 2.83. The number of halogens is 1. The van der Waals surface area contributed by atoms with Crippen molar-refractivity contribution in [2.75, 3.05) is 7.05 Å². The molecule has 2 fully saturated rings. The fourth-order valence-electron chi connectivity index (χ4n) is 2.93. The molecule has 4 heteroatoms. The molecule has 3 nitrogen and oxygen atoms in total. The van der Waals surface area contributed by atoms with Gasteiger partial charge in [0.2, 0.25) is 5.91 Å². The SMILES string of the molecule is CN1C(=O)[C@@H]2CCC[C@@H]2O[C@H]1c1ccc(Cl)cc1. The van der Waals surface area contributed by atoms with E-state index in [9.17, 15) is 4.79 Å². The van der Waals surface area contributed by atoms with Gasteiger partial charge in [-0.3, -0.25) is 4.79 Å². The second-order valence-electron chi connectivity index (χ2n) is 5.06. The van der Waals surface area contributed by atoms with E-state index in [1.54, 1.807) is 4.90 Å². The Hall–Kier alpha value is -1.06. The van der Waals surface area contributed by atoms with Gasteiger partial charge in [0.1, 0.15) is 0 Å². The van der Waals surface area contributed by atoms with Gasteiger partial charge in [-0.05, 0) is 31.4 Å². The summed E-state index contributed by atoms with van der Waals surface area (Å²) in [6.07, 6.45) is 2.86. The van der Waals surface area contributed by atoms with Crippen molar-refractivity contribution < 1.29 is 9.53 Å². The third-order valence-corrected chi connectivity index (χ3v) is 4.18. The van der Waals surface area contributed by atoms with Crippen LogP contribution in [0.4, 0.5) is 0 Å². The Kier molecular flexibility index (Phi) is 3.04. The number of ether oxygens (including phenoxy) is 1. The second-order valence-corrected chi connectivity index (χ2v) is 5.50. The second kappa shape index (κ2) is 4.56. The van der Waals surface area contributed by atoms with Gasteiger partial charge < -0.3 is 9.64 Å². The molecule has 0 radical (unpaired) electrons. The predicted octanol–water partition coefficient (Wildman–Crippen LogP) is 3.00. The lowest BCUT2D eigenvalue weighted by Crippen LogP contribution is -2.47. The lowest BCUT2D eigenvalue weighted by Gasteiger charge is -2.39. The maximum absolute atomic E-state index is 12.3. The van der Waals surface area contributed by atoms with Crippen LogP contribution in [0.25, 0.3) is 0 Å². The minimum Gasteiger partial charge on any atom is -0.350 e. The standard InChI is InChI=1S/C14H16ClNO2/c1-16-13(17)11-3-2-4-12(11)18-14(16)9-5-7-10(15)8-6-9/h5-8,11-12,14H,2-4H2,1H3/t11-,12+,14+/m1/s1. The minimum absolute atomic E-state index is 0.0681. The lowest BCUT2D eigenvalue weighted by atomic mass is 10.0. The van der Waals surface area contributed by atoms with Gasteiger partial charge >= 0.3 is 0 Å². The summed E-state index contributed by atoms with van der Waals surface area (Å²) in [4.78, 5) is 14.0. The smallest absolute Gasteiger partial charge is 0.230 e. The molecule has 0 bridgehead atoms. The molecule has 3 atom stereocenters. The number of carbonyl (C=O) groups excluding carboxylic acids is 1. The van der Waals surface area contributed by atoms with Crippen molar-refractivity contribution in [3.63, 3.8) is 0 Å². The predicted molar refractivity (Wildman–Crippen MR) is 69.2 cm³/mol. The molecule has 1 aromatic carbocycles. The maximum Gasteiger partial charge on any atom is 0.230 e. The van der Waals surface area contributed by atoms with Gasteiger partial charge in [-0.2, -0.15) is 0 Å². The molecular weight excluding hydrogens is 250 g/mol. The van der Waals surface area contributed by atoms with E-state index in [2.05, 4.69) is 0 Å². The summed E-state index contributed by atoms with van der Waals surface area (Å²) in [5.74, 6) is 0.280. The number of benzene rings is 1. The van der Waals surface area contributed by atoms with E-state index in [0.29, 0.717) is 5.02 Å². The summed E-state index contributed by atoms with van der Waals surface area (Å²) in [6.45, 7) is 0. The summed E-state index contributed by atoms with van der Waals surface area (Å²) in [6, 6.07) is 7.51. The molecule has 1 heterocycles. The average molecular weight is 266 g/mol. The highest BCUT2D eigenvalue weighted by Gasteiger charge is 2.43. The molecule has 96 valence electrons. The first-order valence-electron chi connectivity index (χ1n) is 6.34. The number of nitrogens with zero attached hydrogens (tertiary/aromatic N) is 1. The number of hydrogen-bond acceptors (Lipinski definition) is 2. The number of fused-ring (bicyclic) bond motifs is 1. The normalized spacial score (nSPS) is 31.6. The van der Waals surface area contributed by atoms with E-state index in [-0.39, 0.29) is 24.2 Å². The molecule has 18 heavy (non-hydrogen) atoms. The van der Waals surface area contributed by atoms with Gasteiger partial charge in [-0.15, -0.1) is 0 Å². The van der Waals surface area contributed by atoms with E-state index in [1.165, 1.54) is 0 Å². The van der Waals surface area contributed by atoms with E-state index in [4.69, 9.17) is 16.3 Å². The molecule has 1 aromatic rings. The van der Waals surface area contributed by atoms with Crippen LogP contribution >= 0.6 is 11.6 Å². The zero-order chi connectivity index (χ0) is 12.7. The van der Waals surface area contributed by atoms with Gasteiger partial charge in [0, 0.05) is 17.6 Å². The van der Waals surface area contributed by atoms with Crippen LogP contribution in [0.3, 0.4) is 0 Å². The summed E-state index contributed by atoms with van der Waals surface area (Å²) >= 11 is 5.88. The van der Waals surface area contributed by atoms with E-state index in [0.717, 1.165) is 24.8 Å². The molecule has 1 aliphatic heterocycles. The number of amides is 1. The Balaban J connectivity index is 1.88. The van der Waals surface area contributed by atoms with Gasteiger partial charge in [0.05, 0.1) is 12.0 Å². The zero-order valence-corrected chi connectivity index (χ0v) is 11.1. The van der Waals surface area contributed by atoms with Crippen LogP contribution in [-0.2, 0) is 9.53 Å². The van der Waals surface area contributed by atoms with Crippen molar-refractivity contribution >= 4 is 17.5 Å². The molecule has 1 aliphatic carbocycles. The lowest BCUT2D eigenvalue weighted by molar-refractivity contribution is -0.181. The van der Waals surface area contributed by atoms with Gasteiger partial charge in [0.15, 0.2) is 6.23 Å². The topological polar surface area (TPSA) is 29.5 Å².